The molecule has 0 saturated carbocycles. The van der Waals surface area contributed by atoms with Gasteiger partial charge in [-0.15, -0.1) is 0 Å². The molecule has 0 aliphatic rings. The molecule has 6 nitrogen and oxygen atoms in total. The Bertz CT molecular complexity index is 215. The van der Waals surface area contributed by atoms with Crippen molar-refractivity contribution in [1.82, 2.24) is 0 Å². The lowest BCUT2D eigenvalue weighted by Gasteiger charge is -2.32. The highest BCUT2D eigenvalue weighted by Gasteiger charge is 2.47. The molecular formula is C11H28O6Si2. The van der Waals surface area contributed by atoms with Crippen molar-refractivity contribution in [2.75, 3.05) is 48.3 Å². The van der Waals surface area contributed by atoms with Crippen LogP contribution in [-0.4, -0.2) is 65.6 Å². The average Bonchev–Trinajstić information content (AvgIpc) is 2.40. The quantitative estimate of drug-likeness (QED) is 0.403. The Morgan fingerprint density at radius 1 is 0.789 bits per heavy atom. The molecule has 8 heteroatoms. The lowest BCUT2D eigenvalue weighted by Crippen LogP contribution is -2.54. The van der Waals surface area contributed by atoms with E-state index < -0.39 is 17.4 Å². The number of rotatable bonds is 12. The molecule has 0 amide bonds. The fraction of sp³-hybridized carbons (Fsp3) is 1.00. The zero-order valence-electron chi connectivity index (χ0n) is 13.0. The highest BCUT2D eigenvalue weighted by molar-refractivity contribution is 6.78. The molecule has 0 aliphatic carbocycles. The van der Waals surface area contributed by atoms with E-state index in [-0.39, 0.29) is 0 Å². The van der Waals surface area contributed by atoms with Gasteiger partial charge < -0.3 is 26.9 Å². The van der Waals surface area contributed by atoms with E-state index in [0.717, 1.165) is 12.5 Å². The summed E-state index contributed by atoms with van der Waals surface area (Å²) in [4.78, 5) is 0. The van der Waals surface area contributed by atoms with Gasteiger partial charge in [0.05, 0.1) is 13.2 Å². The minimum absolute atomic E-state index is 0.629. The first-order chi connectivity index (χ1) is 8.95. The Morgan fingerprint density at radius 2 is 1.37 bits per heavy atom. The molecule has 0 rings (SSSR count). The lowest BCUT2D eigenvalue weighted by atomic mass is 10.5. The fourth-order valence-corrected chi connectivity index (χ4v) is 7.22. The monoisotopic (exact) mass is 312 g/mol. The zero-order valence-corrected chi connectivity index (χ0v) is 15.0. The van der Waals surface area contributed by atoms with Crippen LogP contribution < -0.4 is 0 Å². The second-order valence-electron chi connectivity index (χ2n) is 4.68. The molecule has 0 fully saturated rings. The van der Waals surface area contributed by atoms with Gasteiger partial charge in [-0.2, -0.15) is 0 Å². The van der Waals surface area contributed by atoms with E-state index in [0.29, 0.717) is 19.8 Å². The molecule has 0 aliphatic heterocycles. The van der Waals surface area contributed by atoms with Crippen molar-refractivity contribution in [2.24, 2.45) is 0 Å². The SMILES string of the molecule is COCCOCCC[Si](C)(C)O[Si](OC)(OC)OC. The maximum atomic E-state index is 6.03. The van der Waals surface area contributed by atoms with Gasteiger partial charge in [0.2, 0.25) is 0 Å². The van der Waals surface area contributed by atoms with Gasteiger partial charge in [0.25, 0.3) is 0 Å². The molecule has 0 aromatic heterocycles. The second-order valence-corrected chi connectivity index (χ2v) is 11.7. The molecule has 0 saturated heterocycles. The van der Waals surface area contributed by atoms with Crippen LogP contribution in [0.5, 0.6) is 0 Å². The number of hydrogen-bond acceptors (Lipinski definition) is 6. The van der Waals surface area contributed by atoms with Crippen LogP contribution in [-0.2, 0) is 26.9 Å². The van der Waals surface area contributed by atoms with Crippen LogP contribution in [0.2, 0.25) is 19.1 Å². The van der Waals surface area contributed by atoms with E-state index in [9.17, 15) is 0 Å². The molecule has 0 spiro atoms. The lowest BCUT2D eigenvalue weighted by molar-refractivity contribution is 0.0470. The topological polar surface area (TPSA) is 55.4 Å². The molecule has 19 heavy (non-hydrogen) atoms. The van der Waals surface area contributed by atoms with Crippen LogP contribution in [0.25, 0.3) is 0 Å². The molecule has 116 valence electrons. The van der Waals surface area contributed by atoms with Crippen LogP contribution in [0.3, 0.4) is 0 Å². The third-order valence-corrected chi connectivity index (χ3v) is 8.92. The number of hydrogen-bond donors (Lipinski definition) is 0. The Balaban J connectivity index is 4.02. The van der Waals surface area contributed by atoms with Gasteiger partial charge in [-0.3, -0.25) is 0 Å². The maximum absolute atomic E-state index is 6.03. The molecule has 0 unspecified atom stereocenters. The van der Waals surface area contributed by atoms with Crippen molar-refractivity contribution in [3.05, 3.63) is 0 Å². The highest BCUT2D eigenvalue weighted by atomic mass is 28.5. The highest BCUT2D eigenvalue weighted by Crippen LogP contribution is 2.21. The van der Waals surface area contributed by atoms with Gasteiger partial charge >= 0.3 is 9.05 Å². The summed E-state index contributed by atoms with van der Waals surface area (Å²) < 4.78 is 32.3. The standard InChI is InChI=1S/C11H28O6Si2/c1-12-9-10-16-8-7-11-18(5,6)17-19(13-2,14-3)15-4/h7-11H2,1-6H3. The van der Waals surface area contributed by atoms with Crippen molar-refractivity contribution in [3.63, 3.8) is 0 Å². The van der Waals surface area contributed by atoms with Gasteiger partial charge in [-0.1, -0.05) is 0 Å². The van der Waals surface area contributed by atoms with E-state index in [1.807, 2.05) is 0 Å². The van der Waals surface area contributed by atoms with Crippen molar-refractivity contribution < 1.29 is 26.9 Å². The molecule has 0 N–H and O–H groups in total. The third-order valence-electron chi connectivity index (χ3n) is 2.65. The Kier molecular flexibility index (Phi) is 10.1. The van der Waals surface area contributed by atoms with Crippen LogP contribution in [0.1, 0.15) is 6.42 Å². The number of ether oxygens (including phenoxy) is 2. The fourth-order valence-electron chi connectivity index (χ4n) is 1.61. The maximum Gasteiger partial charge on any atom is 0.668 e. The summed E-state index contributed by atoms with van der Waals surface area (Å²) in [7, 11) is 1.50. The van der Waals surface area contributed by atoms with Crippen molar-refractivity contribution in [2.45, 2.75) is 25.6 Å². The van der Waals surface area contributed by atoms with Crippen LogP contribution in [0.4, 0.5) is 0 Å². The second kappa shape index (κ2) is 10.00. The largest absolute Gasteiger partial charge is 0.668 e. The van der Waals surface area contributed by atoms with Gasteiger partial charge in [0.15, 0.2) is 8.32 Å². The van der Waals surface area contributed by atoms with Crippen molar-refractivity contribution in [3.8, 4) is 0 Å². The summed E-state index contributed by atoms with van der Waals surface area (Å²) in [5.41, 5.74) is 0. The predicted octanol–water partition coefficient (Wildman–Crippen LogP) is 1.64. The van der Waals surface area contributed by atoms with Gasteiger partial charge in [-0.05, 0) is 25.6 Å². The third kappa shape index (κ3) is 8.15. The minimum atomic E-state index is -2.93. The summed E-state index contributed by atoms with van der Waals surface area (Å²) in [6.45, 7) is 6.23. The summed E-state index contributed by atoms with van der Waals surface area (Å²) in [5.74, 6) is 0. The van der Waals surface area contributed by atoms with Crippen molar-refractivity contribution >= 4 is 17.4 Å². The first-order valence-corrected chi connectivity index (χ1v) is 11.1. The Hall–Kier alpha value is 0.194. The average molecular weight is 313 g/mol. The van der Waals surface area contributed by atoms with Gasteiger partial charge in [0.1, 0.15) is 0 Å². The molecule has 0 heterocycles. The smallest absolute Gasteiger partial charge is 0.394 e. The van der Waals surface area contributed by atoms with Crippen molar-refractivity contribution in [1.29, 1.82) is 0 Å². The summed E-state index contributed by atoms with van der Waals surface area (Å²) >= 11 is 0. The minimum Gasteiger partial charge on any atom is -0.394 e. The summed E-state index contributed by atoms with van der Waals surface area (Å²) in [6.07, 6.45) is 0.949. The number of methoxy groups -OCH3 is 1. The molecule has 0 aromatic rings. The van der Waals surface area contributed by atoms with E-state index in [1.165, 1.54) is 0 Å². The van der Waals surface area contributed by atoms with E-state index >= 15 is 0 Å². The molecular weight excluding hydrogens is 284 g/mol. The van der Waals surface area contributed by atoms with E-state index in [2.05, 4.69) is 13.1 Å². The van der Waals surface area contributed by atoms with Gasteiger partial charge in [-0.25, -0.2) is 0 Å². The van der Waals surface area contributed by atoms with Crippen LogP contribution in [0.15, 0.2) is 0 Å². The summed E-state index contributed by atoms with van der Waals surface area (Å²) in [5, 5.41) is 0. The van der Waals surface area contributed by atoms with E-state index in [4.69, 9.17) is 26.9 Å². The Morgan fingerprint density at radius 3 is 1.84 bits per heavy atom. The first kappa shape index (κ1) is 19.2. The first-order valence-electron chi connectivity index (χ1n) is 6.37. The van der Waals surface area contributed by atoms with E-state index in [1.54, 1.807) is 28.4 Å². The van der Waals surface area contributed by atoms with Gasteiger partial charge in [0, 0.05) is 35.0 Å². The Labute approximate surface area is 118 Å². The summed E-state index contributed by atoms with van der Waals surface area (Å²) in [6, 6.07) is 0.963. The molecule has 0 radical (unpaired) electrons. The normalized spacial score (nSPS) is 12.9. The predicted molar refractivity (Wildman–Crippen MR) is 77.5 cm³/mol. The van der Waals surface area contributed by atoms with Crippen LogP contribution >= 0.6 is 0 Å². The molecule has 0 bridgehead atoms. The van der Waals surface area contributed by atoms with Crippen LogP contribution in [0, 0.1) is 0 Å². The zero-order chi connectivity index (χ0) is 14.8. The molecule has 0 aromatic carbocycles. The molecule has 0 atom stereocenters.